The van der Waals surface area contributed by atoms with Gasteiger partial charge in [-0.25, -0.2) is 0 Å². The monoisotopic (exact) mass is 184 g/mol. The third-order valence-corrected chi connectivity index (χ3v) is 1.99. The molecule has 1 rings (SSSR count). The third kappa shape index (κ3) is 2.35. The lowest BCUT2D eigenvalue weighted by atomic mass is 9.99. The molecule has 0 aliphatic carbocycles. The molecule has 0 spiro atoms. The number of hydrogen-bond acceptors (Lipinski definition) is 2. The van der Waals surface area contributed by atoms with Gasteiger partial charge in [0, 0.05) is 12.5 Å². The first-order valence-electron chi connectivity index (χ1n) is 3.83. The van der Waals surface area contributed by atoms with Crippen LogP contribution >= 0.6 is 0 Å². The first-order valence-corrected chi connectivity index (χ1v) is 3.83. The first kappa shape index (κ1) is 9.80. The highest BCUT2D eigenvalue weighted by molar-refractivity contribution is 4.75. The van der Waals surface area contributed by atoms with Crippen LogP contribution in [-0.2, 0) is 4.74 Å². The van der Waals surface area contributed by atoms with E-state index in [1.54, 1.807) is 0 Å². The fourth-order valence-corrected chi connectivity index (χ4v) is 1.21. The second kappa shape index (κ2) is 3.62. The molecule has 12 heavy (non-hydrogen) atoms. The zero-order valence-corrected chi connectivity index (χ0v) is 6.47. The molecule has 1 N–H and O–H groups in total. The molecule has 1 saturated heterocycles. The molecule has 1 heterocycles. The molecule has 0 amide bonds. The Hall–Kier alpha value is -0.290. The minimum absolute atomic E-state index is 0.0146. The van der Waals surface area contributed by atoms with E-state index in [1.165, 1.54) is 0 Å². The van der Waals surface area contributed by atoms with E-state index in [0.29, 0.717) is 6.42 Å². The highest BCUT2D eigenvalue weighted by Crippen LogP contribution is 2.31. The van der Waals surface area contributed by atoms with Crippen molar-refractivity contribution in [2.75, 3.05) is 13.2 Å². The van der Waals surface area contributed by atoms with Crippen molar-refractivity contribution in [1.29, 1.82) is 0 Å². The minimum atomic E-state index is -4.25. The number of halogens is 3. The molecule has 5 heteroatoms. The van der Waals surface area contributed by atoms with Gasteiger partial charge in [-0.05, 0) is 12.8 Å². The third-order valence-electron chi connectivity index (χ3n) is 1.99. The summed E-state index contributed by atoms with van der Waals surface area (Å²) < 4.78 is 40.5. The van der Waals surface area contributed by atoms with Gasteiger partial charge in [-0.15, -0.1) is 0 Å². The van der Waals surface area contributed by atoms with Gasteiger partial charge in [0.05, 0.1) is 6.61 Å². The summed E-state index contributed by atoms with van der Waals surface area (Å²) >= 11 is 0. The van der Waals surface area contributed by atoms with Gasteiger partial charge in [0.2, 0.25) is 0 Å². The van der Waals surface area contributed by atoms with Crippen LogP contribution in [0.1, 0.15) is 12.8 Å². The average molecular weight is 184 g/mol. The Balaban J connectivity index is 2.36. The van der Waals surface area contributed by atoms with Crippen molar-refractivity contribution in [3.05, 3.63) is 0 Å². The number of hydrogen-bond donors (Lipinski definition) is 1. The van der Waals surface area contributed by atoms with Crippen LogP contribution in [-0.4, -0.2) is 30.6 Å². The van der Waals surface area contributed by atoms with Crippen LogP contribution in [0.15, 0.2) is 0 Å². The molecule has 72 valence electrons. The van der Waals surface area contributed by atoms with Gasteiger partial charge in [-0.2, -0.15) is 13.2 Å². The van der Waals surface area contributed by atoms with Crippen LogP contribution in [0.3, 0.4) is 0 Å². The zero-order chi connectivity index (χ0) is 9.19. The van der Waals surface area contributed by atoms with Crippen molar-refractivity contribution in [2.24, 2.45) is 5.92 Å². The molecular weight excluding hydrogens is 173 g/mol. The molecule has 0 radical (unpaired) electrons. The van der Waals surface area contributed by atoms with E-state index < -0.39 is 12.3 Å². The predicted molar refractivity (Wildman–Crippen MR) is 35.6 cm³/mol. The topological polar surface area (TPSA) is 29.5 Å². The molecule has 1 aliphatic heterocycles. The summed E-state index contributed by atoms with van der Waals surface area (Å²) in [6.45, 7) is -0.0781. The van der Waals surface area contributed by atoms with Crippen LogP contribution in [0.2, 0.25) is 0 Å². The fourth-order valence-electron chi connectivity index (χ4n) is 1.21. The maximum Gasteiger partial charge on any atom is 0.414 e. The van der Waals surface area contributed by atoms with E-state index in [-0.39, 0.29) is 25.6 Å². The van der Waals surface area contributed by atoms with Crippen LogP contribution in [0.5, 0.6) is 0 Å². The second-order valence-electron chi connectivity index (χ2n) is 2.99. The molecule has 1 aliphatic rings. The molecule has 1 fully saturated rings. The summed E-state index contributed by atoms with van der Waals surface area (Å²) in [5.74, 6) is -0.122. The number of rotatable bonds is 1. The summed E-state index contributed by atoms with van der Waals surface area (Å²) in [5.41, 5.74) is 0. The summed E-state index contributed by atoms with van der Waals surface area (Å²) in [4.78, 5) is 0. The standard InChI is InChI=1S/C7H11F3O2/c8-7(9,10)6-2-1-5(3-11)4-12-6/h5-6,11H,1-4H2/t5-,6-/m1/s1. The van der Waals surface area contributed by atoms with Gasteiger partial charge in [0.25, 0.3) is 0 Å². The lowest BCUT2D eigenvalue weighted by molar-refractivity contribution is -0.236. The van der Waals surface area contributed by atoms with Crippen molar-refractivity contribution in [3.63, 3.8) is 0 Å². The number of alkyl halides is 3. The Morgan fingerprint density at radius 2 is 2.00 bits per heavy atom. The van der Waals surface area contributed by atoms with Gasteiger partial charge in [0.15, 0.2) is 6.10 Å². The quantitative estimate of drug-likeness (QED) is 0.666. The van der Waals surface area contributed by atoms with E-state index in [2.05, 4.69) is 4.74 Å². The first-order chi connectivity index (χ1) is 5.54. The van der Waals surface area contributed by atoms with E-state index in [0.717, 1.165) is 0 Å². The zero-order valence-electron chi connectivity index (χ0n) is 6.47. The van der Waals surface area contributed by atoms with Crippen LogP contribution < -0.4 is 0 Å². The van der Waals surface area contributed by atoms with Crippen LogP contribution in [0.25, 0.3) is 0 Å². The van der Waals surface area contributed by atoms with E-state index >= 15 is 0 Å². The highest BCUT2D eigenvalue weighted by atomic mass is 19.4. The lowest BCUT2D eigenvalue weighted by Gasteiger charge is -2.29. The Bertz CT molecular complexity index is 138. The van der Waals surface area contributed by atoms with Crippen molar-refractivity contribution in [3.8, 4) is 0 Å². The molecule has 2 nitrogen and oxygen atoms in total. The Labute approximate surface area is 68.3 Å². The van der Waals surface area contributed by atoms with Gasteiger partial charge >= 0.3 is 6.18 Å². The maximum absolute atomic E-state index is 12.0. The molecule has 0 unspecified atom stereocenters. The SMILES string of the molecule is OC[C@H]1CC[C@H](C(F)(F)F)OC1. The smallest absolute Gasteiger partial charge is 0.396 e. The van der Waals surface area contributed by atoms with Gasteiger partial charge in [-0.3, -0.25) is 0 Å². The van der Waals surface area contributed by atoms with E-state index in [4.69, 9.17) is 5.11 Å². The Morgan fingerprint density at radius 3 is 2.33 bits per heavy atom. The van der Waals surface area contributed by atoms with Gasteiger partial charge < -0.3 is 9.84 Å². The van der Waals surface area contributed by atoms with Gasteiger partial charge in [-0.1, -0.05) is 0 Å². The molecule has 2 atom stereocenters. The molecule has 0 aromatic rings. The lowest BCUT2D eigenvalue weighted by Crippen LogP contribution is -2.38. The van der Waals surface area contributed by atoms with Crippen LogP contribution in [0.4, 0.5) is 13.2 Å². The minimum Gasteiger partial charge on any atom is -0.396 e. The maximum atomic E-state index is 12.0. The number of aliphatic hydroxyl groups is 1. The molecule has 0 aromatic carbocycles. The summed E-state index contributed by atoms with van der Waals surface area (Å²) in [7, 11) is 0. The molecular formula is C7H11F3O2. The summed E-state index contributed by atoms with van der Waals surface area (Å²) in [5, 5.41) is 8.62. The van der Waals surface area contributed by atoms with E-state index in [1.807, 2.05) is 0 Å². The second-order valence-corrected chi connectivity index (χ2v) is 2.99. The van der Waals surface area contributed by atoms with E-state index in [9.17, 15) is 13.2 Å². The number of aliphatic hydroxyl groups excluding tert-OH is 1. The van der Waals surface area contributed by atoms with Crippen molar-refractivity contribution in [2.45, 2.75) is 25.1 Å². The van der Waals surface area contributed by atoms with Crippen molar-refractivity contribution < 1.29 is 23.0 Å². The summed E-state index contributed by atoms with van der Waals surface area (Å²) in [6.07, 6.45) is -5.52. The largest absolute Gasteiger partial charge is 0.414 e. The highest BCUT2D eigenvalue weighted by Gasteiger charge is 2.42. The molecule has 0 aromatic heterocycles. The molecule has 0 bridgehead atoms. The summed E-state index contributed by atoms with van der Waals surface area (Å²) in [6, 6.07) is 0. The van der Waals surface area contributed by atoms with Crippen molar-refractivity contribution >= 4 is 0 Å². The number of ether oxygens (including phenoxy) is 1. The Morgan fingerprint density at radius 1 is 1.33 bits per heavy atom. The van der Waals surface area contributed by atoms with Gasteiger partial charge in [0.1, 0.15) is 0 Å². The molecule has 0 saturated carbocycles. The fraction of sp³-hybridized carbons (Fsp3) is 1.00. The normalized spacial score (nSPS) is 32.0. The van der Waals surface area contributed by atoms with Crippen LogP contribution in [0, 0.1) is 5.92 Å². The average Bonchev–Trinajstić information content (AvgIpc) is 2.03. The Kier molecular flexibility index (Phi) is 2.95. The van der Waals surface area contributed by atoms with Crippen molar-refractivity contribution in [1.82, 2.24) is 0 Å². The predicted octanol–water partition coefficient (Wildman–Crippen LogP) is 1.34.